The predicted octanol–water partition coefficient (Wildman–Crippen LogP) is -0.102. The number of hydrogen-bond acceptors (Lipinski definition) is 6. The monoisotopic (exact) mass is 459 g/mol. The number of benzene rings is 1. The van der Waals surface area contributed by atoms with E-state index in [0.717, 1.165) is 9.21 Å². The summed E-state index contributed by atoms with van der Waals surface area (Å²) >= 11 is 0. The smallest absolute Gasteiger partial charge is 0.295 e. The van der Waals surface area contributed by atoms with Crippen LogP contribution in [0.4, 0.5) is 0 Å². The average Bonchev–Trinajstić information content (AvgIpc) is 3.02. The van der Waals surface area contributed by atoms with Gasteiger partial charge in [0.15, 0.2) is 0 Å². The summed E-state index contributed by atoms with van der Waals surface area (Å²) in [5.41, 5.74) is 0.807. The third-order valence-electron chi connectivity index (χ3n) is 5.30. The van der Waals surface area contributed by atoms with E-state index in [1.165, 1.54) is 43.3 Å². The molecule has 1 aliphatic heterocycles. The Bertz CT molecular complexity index is 1140. The fourth-order valence-corrected chi connectivity index (χ4v) is 4.39. The molecule has 2 heterocycles. The van der Waals surface area contributed by atoms with Crippen LogP contribution in [-0.2, 0) is 19.6 Å². The fourth-order valence-electron chi connectivity index (χ4n) is 3.49. The van der Waals surface area contributed by atoms with Crippen molar-refractivity contribution in [2.24, 2.45) is 0 Å². The molecule has 9 nitrogen and oxygen atoms in total. The number of pyridine rings is 1. The standard InChI is InChI=1S/C22H26N4O5S/c1-24(2)12-13-26-19(16-6-5-11-23-14-16)18(21(28)22(26)29)20(27)15-7-9-17(10-8-15)32(30,31)25(3)4/h5-11,14,19,27H,12-13H2,1-4H3/p+1. The lowest BCUT2D eigenvalue weighted by Crippen LogP contribution is -3.06. The summed E-state index contributed by atoms with van der Waals surface area (Å²) in [6, 6.07) is 8.22. The van der Waals surface area contributed by atoms with Crippen molar-refractivity contribution in [3.63, 3.8) is 0 Å². The van der Waals surface area contributed by atoms with Crippen LogP contribution in [0.2, 0.25) is 0 Å². The lowest BCUT2D eigenvalue weighted by atomic mass is 9.96. The zero-order chi connectivity index (χ0) is 23.6. The molecule has 0 saturated carbocycles. The molecule has 0 bridgehead atoms. The van der Waals surface area contributed by atoms with Gasteiger partial charge in [-0.2, -0.15) is 0 Å². The Morgan fingerprint density at radius 3 is 2.34 bits per heavy atom. The summed E-state index contributed by atoms with van der Waals surface area (Å²) in [7, 11) is 3.10. The Morgan fingerprint density at radius 2 is 1.81 bits per heavy atom. The molecular formula is C22H27N4O5S+. The number of likely N-dealkylation sites (N-methyl/N-ethyl adjacent to an activating group) is 1. The number of likely N-dealkylation sites (tertiary alicyclic amines) is 1. The first-order valence-electron chi connectivity index (χ1n) is 10.1. The van der Waals surface area contributed by atoms with Gasteiger partial charge in [0.1, 0.15) is 5.76 Å². The molecule has 0 aliphatic carbocycles. The Labute approximate surface area is 187 Å². The average molecular weight is 460 g/mol. The first kappa shape index (κ1) is 23.6. The molecule has 2 N–H and O–H groups in total. The molecule has 32 heavy (non-hydrogen) atoms. The molecule has 0 radical (unpaired) electrons. The third kappa shape index (κ3) is 4.43. The zero-order valence-electron chi connectivity index (χ0n) is 18.4. The van der Waals surface area contributed by atoms with Crippen molar-refractivity contribution in [1.82, 2.24) is 14.2 Å². The number of carbonyl (C=O) groups excluding carboxylic acids is 2. The SMILES string of the molecule is CN(C)S(=O)(=O)c1ccc(C(O)=C2C(=O)C(=O)N(CC[NH+](C)C)C2c2cccnc2)cc1. The minimum atomic E-state index is -3.64. The van der Waals surface area contributed by atoms with Crippen molar-refractivity contribution in [2.75, 3.05) is 41.3 Å². The van der Waals surface area contributed by atoms with Crippen LogP contribution in [0, 0.1) is 0 Å². The number of Topliss-reactive ketones (excluding diaryl/α,β-unsaturated/α-hetero) is 1. The van der Waals surface area contributed by atoms with Crippen LogP contribution in [-0.4, -0.2) is 80.7 Å². The van der Waals surface area contributed by atoms with E-state index in [0.29, 0.717) is 18.7 Å². The molecule has 1 aromatic heterocycles. The van der Waals surface area contributed by atoms with Crippen molar-refractivity contribution in [1.29, 1.82) is 0 Å². The summed E-state index contributed by atoms with van der Waals surface area (Å²) in [6.07, 6.45) is 3.15. The summed E-state index contributed by atoms with van der Waals surface area (Å²) in [4.78, 5) is 32.5. The van der Waals surface area contributed by atoms with Crippen molar-refractivity contribution < 1.29 is 28.0 Å². The van der Waals surface area contributed by atoms with E-state index in [9.17, 15) is 23.1 Å². The number of sulfonamides is 1. The maximum Gasteiger partial charge on any atom is 0.295 e. The Kier molecular flexibility index (Phi) is 6.77. The van der Waals surface area contributed by atoms with Gasteiger partial charge in [-0.05, 0) is 35.9 Å². The second-order valence-electron chi connectivity index (χ2n) is 8.05. The second-order valence-corrected chi connectivity index (χ2v) is 10.2. The van der Waals surface area contributed by atoms with Gasteiger partial charge in [-0.15, -0.1) is 0 Å². The van der Waals surface area contributed by atoms with Crippen LogP contribution >= 0.6 is 0 Å². The quantitative estimate of drug-likeness (QED) is 0.340. The maximum atomic E-state index is 12.9. The molecule has 3 rings (SSSR count). The van der Waals surface area contributed by atoms with Crippen LogP contribution in [0.25, 0.3) is 5.76 Å². The number of aliphatic hydroxyl groups is 1. The number of nitrogens with zero attached hydrogens (tertiary/aromatic N) is 3. The van der Waals surface area contributed by atoms with Crippen molar-refractivity contribution >= 4 is 27.5 Å². The van der Waals surface area contributed by atoms with Gasteiger partial charge in [0.25, 0.3) is 11.7 Å². The highest BCUT2D eigenvalue weighted by atomic mass is 32.2. The van der Waals surface area contributed by atoms with Crippen LogP contribution in [0.15, 0.2) is 59.3 Å². The summed E-state index contributed by atoms with van der Waals surface area (Å²) in [5.74, 6) is -1.82. The van der Waals surface area contributed by atoms with Gasteiger partial charge in [-0.1, -0.05) is 6.07 Å². The van der Waals surface area contributed by atoms with E-state index in [2.05, 4.69) is 4.98 Å². The first-order valence-corrected chi connectivity index (χ1v) is 11.5. The lowest BCUT2D eigenvalue weighted by Gasteiger charge is -2.25. The van der Waals surface area contributed by atoms with Gasteiger partial charge in [0.2, 0.25) is 10.0 Å². The largest absolute Gasteiger partial charge is 0.507 e. The molecular weight excluding hydrogens is 432 g/mol. The molecule has 170 valence electrons. The van der Waals surface area contributed by atoms with Crippen molar-refractivity contribution in [2.45, 2.75) is 10.9 Å². The number of nitrogens with one attached hydrogen (secondary N) is 1. The second kappa shape index (κ2) is 9.19. The third-order valence-corrected chi connectivity index (χ3v) is 7.13. The van der Waals surface area contributed by atoms with Gasteiger partial charge < -0.3 is 14.9 Å². The number of ketones is 1. The van der Waals surface area contributed by atoms with Gasteiger partial charge in [-0.25, -0.2) is 12.7 Å². The van der Waals surface area contributed by atoms with Crippen molar-refractivity contribution in [3.05, 3.63) is 65.5 Å². The number of carbonyl (C=O) groups is 2. The number of hydrogen-bond donors (Lipinski definition) is 2. The molecule has 1 amide bonds. The fraction of sp³-hybridized carbons (Fsp3) is 0.318. The summed E-state index contributed by atoms with van der Waals surface area (Å²) < 4.78 is 25.7. The molecule has 10 heteroatoms. The number of amides is 1. The molecule has 1 atom stereocenters. The Hall–Kier alpha value is -3.08. The van der Waals surface area contributed by atoms with E-state index in [4.69, 9.17) is 0 Å². The normalized spacial score (nSPS) is 18.7. The number of aliphatic hydroxyl groups excluding tert-OH is 1. The van der Waals surface area contributed by atoms with E-state index < -0.39 is 27.8 Å². The van der Waals surface area contributed by atoms with Crippen LogP contribution < -0.4 is 4.90 Å². The van der Waals surface area contributed by atoms with Crippen LogP contribution in [0.3, 0.4) is 0 Å². The van der Waals surface area contributed by atoms with Gasteiger partial charge in [-0.3, -0.25) is 14.6 Å². The maximum absolute atomic E-state index is 12.9. The Balaban J connectivity index is 2.10. The van der Waals surface area contributed by atoms with E-state index in [1.54, 1.807) is 24.5 Å². The Morgan fingerprint density at radius 1 is 1.16 bits per heavy atom. The van der Waals surface area contributed by atoms with Crippen LogP contribution in [0.5, 0.6) is 0 Å². The molecule has 2 aromatic rings. The highest BCUT2D eigenvalue weighted by molar-refractivity contribution is 7.89. The minimum absolute atomic E-state index is 0.0417. The molecule has 0 spiro atoms. The molecule has 1 unspecified atom stereocenters. The topological polar surface area (TPSA) is 112 Å². The summed E-state index contributed by atoms with van der Waals surface area (Å²) in [5, 5.41) is 11.0. The van der Waals surface area contributed by atoms with E-state index in [-0.39, 0.29) is 21.8 Å². The first-order chi connectivity index (χ1) is 15.1. The summed E-state index contributed by atoms with van der Waals surface area (Å²) in [6.45, 7) is 0.935. The number of aromatic nitrogens is 1. The van der Waals surface area contributed by atoms with Gasteiger partial charge in [0.05, 0.1) is 43.7 Å². The molecule has 1 fully saturated rings. The molecule has 1 aliphatic rings. The highest BCUT2D eigenvalue weighted by Gasteiger charge is 2.46. The van der Waals surface area contributed by atoms with E-state index in [1.807, 2.05) is 14.1 Å². The highest BCUT2D eigenvalue weighted by Crippen LogP contribution is 2.38. The number of rotatable bonds is 7. The van der Waals surface area contributed by atoms with Crippen molar-refractivity contribution in [3.8, 4) is 0 Å². The lowest BCUT2D eigenvalue weighted by molar-refractivity contribution is -0.857. The molecule has 1 aromatic carbocycles. The predicted molar refractivity (Wildman–Crippen MR) is 118 cm³/mol. The van der Waals surface area contributed by atoms with Gasteiger partial charge in [0, 0.05) is 32.1 Å². The zero-order valence-corrected chi connectivity index (χ0v) is 19.3. The molecule has 1 saturated heterocycles. The van der Waals surface area contributed by atoms with Crippen LogP contribution in [0.1, 0.15) is 17.2 Å². The van der Waals surface area contributed by atoms with Gasteiger partial charge >= 0.3 is 0 Å². The minimum Gasteiger partial charge on any atom is -0.507 e. The van der Waals surface area contributed by atoms with E-state index >= 15 is 0 Å². The number of quaternary nitrogens is 1.